The number of hydrogen-bond acceptors (Lipinski definition) is 3. The minimum Gasteiger partial charge on any atom is -0.495 e. The van der Waals surface area contributed by atoms with E-state index in [0.717, 1.165) is 12.0 Å². The van der Waals surface area contributed by atoms with E-state index in [2.05, 4.69) is 17.6 Å². The van der Waals surface area contributed by atoms with Crippen LogP contribution in [0.5, 0.6) is 5.75 Å². The number of methoxy groups -OCH3 is 1. The average molecular weight is 325 g/mol. The summed E-state index contributed by atoms with van der Waals surface area (Å²) in [5.41, 5.74) is 1.57. The molecule has 1 aliphatic carbocycles. The lowest BCUT2D eigenvalue weighted by atomic mass is 9.86. The maximum absolute atomic E-state index is 12.2. The Morgan fingerprint density at radius 3 is 2.77 bits per heavy atom. The van der Waals surface area contributed by atoms with Crippen LogP contribution in [-0.2, 0) is 4.79 Å². The number of benzene rings is 1. The Labute approximate surface area is 137 Å². The average Bonchev–Trinajstić information content (AvgIpc) is 2.50. The topological polar surface area (TPSA) is 50.4 Å². The third-order valence-electron chi connectivity index (χ3n) is 4.39. The van der Waals surface area contributed by atoms with Crippen LogP contribution in [0.2, 0.25) is 5.02 Å². The van der Waals surface area contributed by atoms with Gasteiger partial charge in [-0.15, -0.1) is 0 Å². The van der Waals surface area contributed by atoms with Gasteiger partial charge in [0.05, 0.1) is 19.3 Å². The molecule has 0 aromatic heterocycles. The molecule has 1 saturated carbocycles. The number of amides is 1. The Hall–Kier alpha value is -1.26. The molecule has 0 heterocycles. The van der Waals surface area contributed by atoms with E-state index in [4.69, 9.17) is 16.3 Å². The van der Waals surface area contributed by atoms with Crippen molar-refractivity contribution >= 4 is 23.2 Å². The van der Waals surface area contributed by atoms with E-state index >= 15 is 0 Å². The van der Waals surface area contributed by atoms with Crippen LogP contribution in [0, 0.1) is 12.8 Å². The lowest BCUT2D eigenvalue weighted by Gasteiger charge is -2.29. The first-order chi connectivity index (χ1) is 10.5. The normalized spacial score (nSPS) is 21.5. The Kier molecular flexibility index (Phi) is 6.09. The van der Waals surface area contributed by atoms with Gasteiger partial charge in [0.1, 0.15) is 5.75 Å². The first-order valence-electron chi connectivity index (χ1n) is 7.88. The summed E-state index contributed by atoms with van der Waals surface area (Å²) >= 11 is 6.07. The quantitative estimate of drug-likeness (QED) is 0.867. The molecule has 2 N–H and O–H groups in total. The molecule has 0 saturated heterocycles. The van der Waals surface area contributed by atoms with Crippen molar-refractivity contribution in [1.82, 2.24) is 5.32 Å². The maximum atomic E-state index is 12.2. The Balaban J connectivity index is 1.93. The van der Waals surface area contributed by atoms with Crippen molar-refractivity contribution in [1.29, 1.82) is 0 Å². The van der Waals surface area contributed by atoms with E-state index in [1.165, 1.54) is 19.3 Å². The van der Waals surface area contributed by atoms with Crippen LogP contribution >= 0.6 is 11.6 Å². The van der Waals surface area contributed by atoms with E-state index < -0.39 is 0 Å². The zero-order valence-electron chi connectivity index (χ0n) is 13.5. The van der Waals surface area contributed by atoms with E-state index in [1.807, 2.05) is 13.0 Å². The molecule has 1 aliphatic rings. The third-order valence-corrected chi connectivity index (χ3v) is 4.80. The third kappa shape index (κ3) is 4.37. The van der Waals surface area contributed by atoms with Crippen molar-refractivity contribution in [3.05, 3.63) is 22.7 Å². The van der Waals surface area contributed by atoms with Gasteiger partial charge in [0.15, 0.2) is 0 Å². The minimum atomic E-state index is -0.0576. The number of carbonyl (C=O) groups excluding carboxylic acids is 1. The summed E-state index contributed by atoms with van der Waals surface area (Å²) in [4.78, 5) is 12.2. The van der Waals surface area contributed by atoms with Crippen LogP contribution in [0.25, 0.3) is 0 Å². The van der Waals surface area contributed by atoms with Gasteiger partial charge in [-0.25, -0.2) is 0 Å². The molecule has 0 spiro atoms. The molecule has 1 fully saturated rings. The number of nitrogens with one attached hydrogen (secondary N) is 2. The summed E-state index contributed by atoms with van der Waals surface area (Å²) in [6.45, 7) is 4.47. The standard InChI is InChI=1S/C17H25ClN2O2/c1-11-6-4-5-7-14(11)19-10-17(21)20-15-8-12(2)13(18)9-16(15)22-3/h8-9,11,14,19H,4-7,10H2,1-3H3,(H,20,21). The molecule has 5 heteroatoms. The Bertz CT molecular complexity index is 534. The van der Waals surface area contributed by atoms with Crippen molar-refractivity contribution in [2.75, 3.05) is 19.0 Å². The fraction of sp³-hybridized carbons (Fsp3) is 0.588. The van der Waals surface area contributed by atoms with Crippen LogP contribution in [0.1, 0.15) is 38.2 Å². The van der Waals surface area contributed by atoms with Gasteiger partial charge in [-0.2, -0.15) is 0 Å². The number of aryl methyl sites for hydroxylation is 1. The van der Waals surface area contributed by atoms with E-state index in [9.17, 15) is 4.79 Å². The van der Waals surface area contributed by atoms with Crippen molar-refractivity contribution in [3.63, 3.8) is 0 Å². The maximum Gasteiger partial charge on any atom is 0.238 e. The van der Waals surface area contributed by atoms with Crippen molar-refractivity contribution in [2.24, 2.45) is 5.92 Å². The molecule has 1 amide bonds. The van der Waals surface area contributed by atoms with Crippen LogP contribution in [0.4, 0.5) is 5.69 Å². The summed E-state index contributed by atoms with van der Waals surface area (Å²) in [7, 11) is 1.57. The smallest absolute Gasteiger partial charge is 0.238 e. The molecule has 2 rings (SSSR count). The molecule has 0 aliphatic heterocycles. The summed E-state index contributed by atoms with van der Waals surface area (Å²) in [5, 5.41) is 6.90. The highest BCUT2D eigenvalue weighted by atomic mass is 35.5. The second-order valence-electron chi connectivity index (χ2n) is 6.10. The van der Waals surface area contributed by atoms with Crippen molar-refractivity contribution in [2.45, 2.75) is 45.6 Å². The van der Waals surface area contributed by atoms with Crippen molar-refractivity contribution in [3.8, 4) is 5.75 Å². The predicted molar refractivity (Wildman–Crippen MR) is 90.8 cm³/mol. The number of halogens is 1. The van der Waals surface area contributed by atoms with Gasteiger partial charge in [0, 0.05) is 17.1 Å². The number of ether oxygens (including phenoxy) is 1. The van der Waals surface area contributed by atoms with Crippen LogP contribution < -0.4 is 15.4 Å². The number of anilines is 1. The molecule has 4 nitrogen and oxygen atoms in total. The second-order valence-corrected chi connectivity index (χ2v) is 6.51. The number of rotatable bonds is 5. The Morgan fingerprint density at radius 2 is 2.09 bits per heavy atom. The molecule has 122 valence electrons. The molecule has 1 aromatic rings. The fourth-order valence-corrected chi connectivity index (χ4v) is 3.12. The first-order valence-corrected chi connectivity index (χ1v) is 8.26. The van der Waals surface area contributed by atoms with Gasteiger partial charge in [-0.05, 0) is 37.3 Å². The van der Waals surface area contributed by atoms with Gasteiger partial charge < -0.3 is 15.4 Å². The SMILES string of the molecule is COc1cc(Cl)c(C)cc1NC(=O)CNC1CCCCC1C. The van der Waals surface area contributed by atoms with Gasteiger partial charge in [0.25, 0.3) is 0 Å². The van der Waals surface area contributed by atoms with Crippen LogP contribution in [0.15, 0.2) is 12.1 Å². The predicted octanol–water partition coefficient (Wildman–Crippen LogP) is 3.76. The van der Waals surface area contributed by atoms with E-state index in [0.29, 0.717) is 35.0 Å². The first kappa shape index (κ1) is 17.1. The second kappa shape index (κ2) is 7.84. The molecular weight excluding hydrogens is 300 g/mol. The monoisotopic (exact) mass is 324 g/mol. The van der Waals surface area contributed by atoms with Gasteiger partial charge in [0.2, 0.25) is 5.91 Å². The zero-order valence-corrected chi connectivity index (χ0v) is 14.3. The number of carbonyl (C=O) groups is 1. The van der Waals surface area contributed by atoms with Gasteiger partial charge >= 0.3 is 0 Å². The van der Waals surface area contributed by atoms with Crippen molar-refractivity contribution < 1.29 is 9.53 Å². The molecular formula is C17H25ClN2O2. The summed E-state index contributed by atoms with van der Waals surface area (Å²) < 4.78 is 5.27. The molecule has 2 atom stereocenters. The van der Waals surface area contributed by atoms with Crippen LogP contribution in [-0.4, -0.2) is 25.6 Å². The highest BCUT2D eigenvalue weighted by Gasteiger charge is 2.21. The van der Waals surface area contributed by atoms with Gasteiger partial charge in [-0.3, -0.25) is 4.79 Å². The summed E-state index contributed by atoms with van der Waals surface area (Å²) in [5.74, 6) is 1.15. The number of hydrogen-bond donors (Lipinski definition) is 2. The van der Waals surface area contributed by atoms with Crippen LogP contribution in [0.3, 0.4) is 0 Å². The highest BCUT2D eigenvalue weighted by Crippen LogP contribution is 2.31. The van der Waals surface area contributed by atoms with E-state index in [1.54, 1.807) is 13.2 Å². The molecule has 2 unspecified atom stereocenters. The fourth-order valence-electron chi connectivity index (χ4n) is 2.97. The molecule has 0 radical (unpaired) electrons. The van der Waals surface area contributed by atoms with Gasteiger partial charge in [-0.1, -0.05) is 31.4 Å². The largest absolute Gasteiger partial charge is 0.495 e. The Morgan fingerprint density at radius 1 is 1.36 bits per heavy atom. The van der Waals surface area contributed by atoms with E-state index in [-0.39, 0.29) is 5.91 Å². The zero-order chi connectivity index (χ0) is 16.1. The summed E-state index contributed by atoms with van der Waals surface area (Å²) in [6, 6.07) is 4.00. The minimum absolute atomic E-state index is 0.0576. The molecule has 1 aromatic carbocycles. The highest BCUT2D eigenvalue weighted by molar-refractivity contribution is 6.31. The molecule has 0 bridgehead atoms. The lowest BCUT2D eigenvalue weighted by molar-refractivity contribution is -0.115. The summed E-state index contributed by atoms with van der Waals surface area (Å²) in [6.07, 6.45) is 4.93. The lowest BCUT2D eigenvalue weighted by Crippen LogP contribution is -2.41. The molecule has 22 heavy (non-hydrogen) atoms.